The summed E-state index contributed by atoms with van der Waals surface area (Å²) in [5.74, 6) is 0.639. The molecule has 0 aliphatic rings. The van der Waals surface area contributed by atoms with Crippen molar-refractivity contribution in [1.82, 2.24) is 4.57 Å². The first-order valence-electron chi connectivity index (χ1n) is 6.23. The fraction of sp³-hybridized carbons (Fsp3) is 0.267. The summed E-state index contributed by atoms with van der Waals surface area (Å²) in [6, 6.07) is 9.66. The molecule has 0 atom stereocenters. The molecule has 0 amide bonds. The number of nitrogens with zero attached hydrogens (tertiary/aromatic N) is 1. The van der Waals surface area contributed by atoms with Gasteiger partial charge in [-0.2, -0.15) is 23.7 Å². The van der Waals surface area contributed by atoms with Gasteiger partial charge in [-0.15, -0.1) is 6.07 Å². The summed E-state index contributed by atoms with van der Waals surface area (Å²) in [4.78, 5) is 11.8. The van der Waals surface area contributed by atoms with E-state index in [0.717, 1.165) is 0 Å². The van der Waals surface area contributed by atoms with Gasteiger partial charge in [-0.25, -0.2) is 0 Å². The summed E-state index contributed by atoms with van der Waals surface area (Å²) in [5, 5.41) is 0.593. The fourth-order valence-electron chi connectivity index (χ4n) is 1.83. The Labute approximate surface area is 164 Å². The SMILES string of the molecule is COCCOc1ccc(-c2[c-]cc(Cl)c(=O)n2C)c(Cl)c1.[Y]. The third-order valence-electron chi connectivity index (χ3n) is 2.93. The average Bonchev–Trinajstić information content (AvgIpc) is 2.46. The van der Waals surface area contributed by atoms with Crippen LogP contribution in [-0.4, -0.2) is 24.9 Å². The summed E-state index contributed by atoms with van der Waals surface area (Å²) < 4.78 is 11.8. The number of hydrogen-bond donors (Lipinski definition) is 0. The van der Waals surface area contributed by atoms with Crippen molar-refractivity contribution in [2.45, 2.75) is 0 Å². The van der Waals surface area contributed by atoms with Crippen LogP contribution >= 0.6 is 23.2 Å². The van der Waals surface area contributed by atoms with Crippen LogP contribution in [0.4, 0.5) is 0 Å². The predicted octanol–water partition coefficient (Wildman–Crippen LogP) is 3.18. The van der Waals surface area contributed by atoms with Gasteiger partial charge < -0.3 is 14.0 Å². The van der Waals surface area contributed by atoms with E-state index in [9.17, 15) is 4.79 Å². The van der Waals surface area contributed by atoms with Crippen LogP contribution < -0.4 is 10.3 Å². The molecule has 0 N–H and O–H groups in total. The third kappa shape index (κ3) is 4.56. The van der Waals surface area contributed by atoms with Crippen LogP contribution in [-0.2, 0) is 44.5 Å². The van der Waals surface area contributed by atoms with E-state index in [4.69, 9.17) is 32.7 Å². The van der Waals surface area contributed by atoms with Crippen molar-refractivity contribution in [3.05, 3.63) is 50.7 Å². The average molecular weight is 416 g/mol. The van der Waals surface area contributed by atoms with Crippen LogP contribution in [0.2, 0.25) is 10.0 Å². The molecule has 22 heavy (non-hydrogen) atoms. The first-order valence-corrected chi connectivity index (χ1v) is 6.99. The normalized spacial score (nSPS) is 10.2. The Morgan fingerprint density at radius 3 is 2.59 bits per heavy atom. The summed E-state index contributed by atoms with van der Waals surface area (Å²) in [7, 11) is 3.23. The molecular formula is C15H14Cl2NO3Y-. The summed E-state index contributed by atoms with van der Waals surface area (Å²) >= 11 is 12.0. The molecule has 0 aliphatic heterocycles. The number of aromatic nitrogens is 1. The van der Waals surface area contributed by atoms with Crippen molar-refractivity contribution in [3.63, 3.8) is 0 Å². The third-order valence-corrected chi connectivity index (χ3v) is 3.52. The van der Waals surface area contributed by atoms with Crippen molar-refractivity contribution in [2.24, 2.45) is 7.05 Å². The van der Waals surface area contributed by atoms with Gasteiger partial charge >= 0.3 is 0 Å². The second kappa shape index (κ2) is 9.04. The number of ether oxygens (including phenoxy) is 2. The minimum absolute atomic E-state index is 0. The van der Waals surface area contributed by atoms with Gasteiger partial charge in [-0.1, -0.05) is 22.9 Å². The molecule has 0 saturated carbocycles. The van der Waals surface area contributed by atoms with Crippen LogP contribution in [0.3, 0.4) is 0 Å². The number of halogens is 2. The Bertz CT molecular complexity index is 704. The Kier molecular flexibility index (Phi) is 8.08. The van der Waals surface area contributed by atoms with E-state index in [1.54, 1.807) is 32.4 Å². The number of benzene rings is 1. The maximum absolute atomic E-state index is 11.8. The summed E-state index contributed by atoms with van der Waals surface area (Å²) in [6.07, 6.45) is 0. The zero-order chi connectivity index (χ0) is 15.4. The molecule has 1 aromatic heterocycles. The van der Waals surface area contributed by atoms with E-state index in [-0.39, 0.29) is 43.3 Å². The Hall–Kier alpha value is -0.386. The minimum Gasteiger partial charge on any atom is -0.491 e. The van der Waals surface area contributed by atoms with Crippen LogP contribution in [0.1, 0.15) is 0 Å². The molecule has 1 heterocycles. The van der Waals surface area contributed by atoms with Gasteiger partial charge in [0.1, 0.15) is 12.4 Å². The molecule has 4 nitrogen and oxygen atoms in total. The van der Waals surface area contributed by atoms with Crippen LogP contribution in [0, 0.1) is 6.07 Å². The maximum Gasteiger partial charge on any atom is 0.212 e. The molecule has 0 fully saturated rings. The molecule has 2 aromatic rings. The van der Waals surface area contributed by atoms with Gasteiger partial charge in [0.2, 0.25) is 5.56 Å². The van der Waals surface area contributed by atoms with Gasteiger partial charge in [-0.3, -0.25) is 4.79 Å². The number of pyridine rings is 1. The van der Waals surface area contributed by atoms with Gasteiger partial charge in [0.05, 0.1) is 6.61 Å². The predicted molar refractivity (Wildman–Crippen MR) is 83.3 cm³/mol. The molecule has 7 heteroatoms. The van der Waals surface area contributed by atoms with Crippen molar-refractivity contribution in [1.29, 1.82) is 0 Å². The largest absolute Gasteiger partial charge is 0.491 e. The standard InChI is InChI=1S/C15H14Cl2NO3.Y/c1-18-14(6-5-12(16)15(18)19)11-4-3-10(9-13(11)17)21-8-7-20-2;/h3-5,9H,7-8H2,1-2H3;/q-1;. The smallest absolute Gasteiger partial charge is 0.212 e. The summed E-state index contributed by atoms with van der Waals surface area (Å²) in [5.41, 5.74) is 0.965. The van der Waals surface area contributed by atoms with Crippen molar-refractivity contribution >= 4 is 23.2 Å². The second-order valence-corrected chi connectivity index (χ2v) is 5.15. The van der Waals surface area contributed by atoms with Crippen molar-refractivity contribution in [3.8, 4) is 17.0 Å². The molecule has 0 aliphatic carbocycles. The van der Waals surface area contributed by atoms with Crippen molar-refractivity contribution in [2.75, 3.05) is 20.3 Å². The van der Waals surface area contributed by atoms with Gasteiger partial charge in [0, 0.05) is 51.9 Å². The number of rotatable bonds is 5. The van der Waals surface area contributed by atoms with E-state index in [0.29, 0.717) is 35.2 Å². The molecule has 1 radical (unpaired) electrons. The zero-order valence-corrected chi connectivity index (χ0v) is 16.6. The topological polar surface area (TPSA) is 40.5 Å². The van der Waals surface area contributed by atoms with Crippen LogP contribution in [0.15, 0.2) is 29.1 Å². The van der Waals surface area contributed by atoms with Crippen LogP contribution in [0.25, 0.3) is 11.3 Å². The molecular weight excluding hydrogens is 402 g/mol. The molecule has 115 valence electrons. The molecule has 2 rings (SSSR count). The second-order valence-electron chi connectivity index (χ2n) is 4.33. The molecule has 0 unspecified atom stereocenters. The number of hydrogen-bond acceptors (Lipinski definition) is 3. The molecule has 0 spiro atoms. The first kappa shape index (κ1) is 19.7. The zero-order valence-electron chi connectivity index (χ0n) is 12.2. The van der Waals surface area contributed by atoms with Gasteiger partial charge in [0.25, 0.3) is 0 Å². The Morgan fingerprint density at radius 1 is 1.23 bits per heavy atom. The molecule has 0 saturated heterocycles. The molecule has 1 aromatic carbocycles. The van der Waals surface area contributed by atoms with Crippen molar-refractivity contribution < 1.29 is 42.2 Å². The Balaban J connectivity index is 0.00000242. The first-order chi connectivity index (χ1) is 10.0. The van der Waals surface area contributed by atoms with Crippen LogP contribution in [0.5, 0.6) is 5.75 Å². The Morgan fingerprint density at radius 2 is 1.95 bits per heavy atom. The maximum atomic E-state index is 11.8. The van der Waals surface area contributed by atoms with E-state index in [2.05, 4.69) is 6.07 Å². The summed E-state index contributed by atoms with van der Waals surface area (Å²) in [6.45, 7) is 0.941. The van der Waals surface area contributed by atoms with E-state index < -0.39 is 0 Å². The van der Waals surface area contributed by atoms with E-state index in [1.807, 2.05) is 0 Å². The quantitative estimate of drug-likeness (QED) is 0.556. The van der Waals surface area contributed by atoms with Gasteiger partial charge in [0.15, 0.2) is 0 Å². The monoisotopic (exact) mass is 415 g/mol. The van der Waals surface area contributed by atoms with E-state index >= 15 is 0 Å². The van der Waals surface area contributed by atoms with Gasteiger partial charge in [-0.05, 0) is 17.2 Å². The fourth-order valence-corrected chi connectivity index (χ4v) is 2.27. The molecule has 0 bridgehead atoms. The number of methoxy groups -OCH3 is 1. The minimum atomic E-state index is -0.290. The van der Waals surface area contributed by atoms with E-state index in [1.165, 1.54) is 10.6 Å².